The topological polar surface area (TPSA) is 23.6 Å². The van der Waals surface area contributed by atoms with Crippen molar-refractivity contribution in [2.24, 2.45) is 0 Å². The molecule has 19 heavy (non-hydrogen) atoms. The first-order valence-corrected chi connectivity index (χ1v) is 6.62. The Bertz CT molecular complexity index is 469. The number of hydrogen-bond donors (Lipinski definition) is 0. The van der Waals surface area contributed by atoms with Crippen LogP contribution in [0.4, 0.5) is 10.1 Å². The Labute approximate surface area is 114 Å². The molecule has 0 atom stereocenters. The molecule has 1 aromatic rings. The molecule has 0 unspecified atom stereocenters. The molecule has 0 amide bonds. The number of hydrogen-bond acceptors (Lipinski definition) is 3. The number of benzene rings is 1. The molecular weight excluding hydrogens is 243 g/mol. The first-order chi connectivity index (χ1) is 8.98. The van der Waals surface area contributed by atoms with Gasteiger partial charge >= 0.3 is 0 Å². The molecule has 3 nitrogen and oxygen atoms in total. The molecule has 2 rings (SSSR count). The Morgan fingerprint density at radius 1 is 1.32 bits per heavy atom. The number of halogens is 1. The van der Waals surface area contributed by atoms with Crippen LogP contribution >= 0.6 is 0 Å². The van der Waals surface area contributed by atoms with Gasteiger partial charge in [0.2, 0.25) is 0 Å². The van der Waals surface area contributed by atoms with E-state index in [0.717, 1.165) is 18.5 Å². The fraction of sp³-hybridized carbons (Fsp3) is 0.533. The molecule has 0 saturated heterocycles. The summed E-state index contributed by atoms with van der Waals surface area (Å²) in [6, 6.07) is 4.38. The van der Waals surface area contributed by atoms with Crippen molar-refractivity contribution in [3.63, 3.8) is 0 Å². The van der Waals surface area contributed by atoms with Crippen LogP contribution in [-0.2, 0) is 0 Å². The monoisotopic (exact) mass is 264 g/mol. The summed E-state index contributed by atoms with van der Waals surface area (Å²) in [5, 5.41) is 0. The van der Waals surface area contributed by atoms with Crippen LogP contribution in [0.15, 0.2) is 18.2 Å². The summed E-state index contributed by atoms with van der Waals surface area (Å²) in [4.78, 5) is 15.4. The van der Waals surface area contributed by atoms with Gasteiger partial charge < -0.3 is 9.80 Å². The Morgan fingerprint density at radius 3 is 2.47 bits per heavy atom. The molecule has 0 N–H and O–H groups in total. The van der Waals surface area contributed by atoms with Gasteiger partial charge in [0, 0.05) is 30.4 Å². The van der Waals surface area contributed by atoms with Gasteiger partial charge in [0.15, 0.2) is 6.29 Å². The average Bonchev–Trinajstić information content (AvgIpc) is 2.32. The molecule has 1 aliphatic rings. The summed E-state index contributed by atoms with van der Waals surface area (Å²) in [6.45, 7) is 0.854. The quantitative estimate of drug-likeness (QED) is 0.764. The van der Waals surface area contributed by atoms with Crippen LogP contribution in [-0.4, -0.2) is 44.4 Å². The van der Waals surface area contributed by atoms with Gasteiger partial charge in [-0.05, 0) is 51.6 Å². The lowest BCUT2D eigenvalue weighted by Gasteiger charge is -2.49. The van der Waals surface area contributed by atoms with Crippen LogP contribution in [0.1, 0.15) is 29.6 Å². The Hall–Kier alpha value is -1.42. The maximum Gasteiger partial charge on any atom is 0.152 e. The third-order valence-corrected chi connectivity index (χ3v) is 4.29. The minimum Gasteiger partial charge on any atom is -0.372 e. The lowest BCUT2D eigenvalue weighted by Crippen LogP contribution is -2.56. The van der Waals surface area contributed by atoms with Crippen molar-refractivity contribution < 1.29 is 9.18 Å². The van der Waals surface area contributed by atoms with Crippen molar-refractivity contribution in [3.05, 3.63) is 29.6 Å². The molecule has 104 valence electrons. The third-order valence-electron chi connectivity index (χ3n) is 4.29. The van der Waals surface area contributed by atoms with Crippen LogP contribution in [0.2, 0.25) is 0 Å². The standard InChI is InChI=1S/C15H21FN2O/c1-17(2)15(7-4-8-15)11-18(3)14-6-5-13(16)9-12(14)10-19/h5-6,9-10H,4,7-8,11H2,1-3H3. The van der Waals surface area contributed by atoms with Gasteiger partial charge in [-0.2, -0.15) is 0 Å². The second kappa shape index (κ2) is 5.29. The van der Waals surface area contributed by atoms with Crippen LogP contribution in [0.3, 0.4) is 0 Å². The van der Waals surface area contributed by atoms with Crippen LogP contribution in [0.5, 0.6) is 0 Å². The normalized spacial score (nSPS) is 17.1. The van der Waals surface area contributed by atoms with E-state index in [9.17, 15) is 9.18 Å². The van der Waals surface area contributed by atoms with Gasteiger partial charge in [0.1, 0.15) is 5.82 Å². The van der Waals surface area contributed by atoms with E-state index in [4.69, 9.17) is 0 Å². The highest BCUT2D eigenvalue weighted by molar-refractivity contribution is 5.84. The second-order valence-electron chi connectivity index (χ2n) is 5.65. The van der Waals surface area contributed by atoms with Gasteiger partial charge in [0.25, 0.3) is 0 Å². The zero-order chi connectivity index (χ0) is 14.0. The zero-order valence-corrected chi connectivity index (χ0v) is 11.8. The number of carbonyl (C=O) groups is 1. The molecule has 1 saturated carbocycles. The van der Waals surface area contributed by atoms with Gasteiger partial charge in [-0.15, -0.1) is 0 Å². The van der Waals surface area contributed by atoms with Gasteiger partial charge in [-0.1, -0.05) is 0 Å². The molecule has 0 bridgehead atoms. The highest BCUT2D eigenvalue weighted by Gasteiger charge is 2.40. The zero-order valence-electron chi connectivity index (χ0n) is 11.8. The van der Waals surface area contributed by atoms with Gasteiger partial charge in [-0.25, -0.2) is 4.39 Å². The molecule has 1 aromatic carbocycles. The van der Waals surface area contributed by atoms with E-state index in [1.807, 2.05) is 7.05 Å². The largest absolute Gasteiger partial charge is 0.372 e. The molecule has 0 heterocycles. The minimum absolute atomic E-state index is 0.184. The van der Waals surface area contributed by atoms with Crippen LogP contribution < -0.4 is 4.90 Å². The van der Waals surface area contributed by atoms with E-state index in [-0.39, 0.29) is 11.4 Å². The van der Waals surface area contributed by atoms with Crippen LogP contribution in [0, 0.1) is 5.82 Å². The summed E-state index contributed by atoms with van der Waals surface area (Å²) in [7, 11) is 6.15. The minimum atomic E-state index is -0.370. The average molecular weight is 264 g/mol. The predicted molar refractivity (Wildman–Crippen MR) is 75.3 cm³/mol. The number of aldehydes is 1. The summed E-state index contributed by atoms with van der Waals surface area (Å²) in [6.07, 6.45) is 4.30. The van der Waals surface area contributed by atoms with E-state index in [2.05, 4.69) is 23.9 Å². The highest BCUT2D eigenvalue weighted by atomic mass is 19.1. The van der Waals surface area contributed by atoms with Gasteiger partial charge in [-0.3, -0.25) is 4.79 Å². The molecule has 0 aliphatic heterocycles. The molecule has 0 spiro atoms. The predicted octanol–water partition coefficient (Wildman–Crippen LogP) is 2.56. The van der Waals surface area contributed by atoms with Crippen molar-refractivity contribution >= 4 is 12.0 Å². The summed E-state index contributed by atoms with van der Waals surface area (Å²) in [5.74, 6) is -0.370. The fourth-order valence-electron chi connectivity index (χ4n) is 2.83. The Kier molecular flexibility index (Phi) is 3.90. The summed E-state index contributed by atoms with van der Waals surface area (Å²) < 4.78 is 13.2. The SMILES string of the molecule is CN(CC1(N(C)C)CCC1)c1ccc(F)cc1C=O. The molecular formula is C15H21FN2O. The maximum atomic E-state index is 13.2. The molecule has 1 aliphatic carbocycles. The van der Waals surface area contributed by atoms with E-state index in [0.29, 0.717) is 5.56 Å². The first kappa shape index (κ1) is 14.0. The number of nitrogens with zero attached hydrogens (tertiary/aromatic N) is 2. The Balaban J connectivity index is 2.20. The number of anilines is 1. The van der Waals surface area contributed by atoms with Crippen molar-refractivity contribution in [1.82, 2.24) is 4.90 Å². The van der Waals surface area contributed by atoms with E-state index in [1.54, 1.807) is 6.07 Å². The van der Waals surface area contributed by atoms with Crippen LogP contribution in [0.25, 0.3) is 0 Å². The maximum absolute atomic E-state index is 13.2. The van der Waals surface area contributed by atoms with Crippen molar-refractivity contribution in [2.75, 3.05) is 32.6 Å². The van der Waals surface area contributed by atoms with Crippen molar-refractivity contribution in [2.45, 2.75) is 24.8 Å². The van der Waals surface area contributed by atoms with Crippen molar-refractivity contribution in [1.29, 1.82) is 0 Å². The Morgan fingerprint density at radius 2 is 2.00 bits per heavy atom. The van der Waals surface area contributed by atoms with E-state index >= 15 is 0 Å². The number of rotatable bonds is 5. The van der Waals surface area contributed by atoms with Gasteiger partial charge in [0.05, 0.1) is 0 Å². The third kappa shape index (κ3) is 2.63. The summed E-state index contributed by atoms with van der Waals surface area (Å²) >= 11 is 0. The number of carbonyl (C=O) groups excluding carboxylic acids is 1. The highest BCUT2D eigenvalue weighted by Crippen LogP contribution is 2.37. The summed E-state index contributed by atoms with van der Waals surface area (Å²) in [5.41, 5.74) is 1.39. The number of likely N-dealkylation sites (N-methyl/N-ethyl adjacent to an activating group) is 2. The molecule has 4 heteroatoms. The molecule has 0 radical (unpaired) electrons. The fourth-order valence-corrected chi connectivity index (χ4v) is 2.83. The first-order valence-electron chi connectivity index (χ1n) is 6.62. The second-order valence-corrected chi connectivity index (χ2v) is 5.65. The van der Waals surface area contributed by atoms with Crippen molar-refractivity contribution in [3.8, 4) is 0 Å². The smallest absolute Gasteiger partial charge is 0.152 e. The van der Waals surface area contributed by atoms with E-state index in [1.165, 1.54) is 31.4 Å². The lowest BCUT2D eigenvalue weighted by atomic mass is 9.75. The van der Waals surface area contributed by atoms with E-state index < -0.39 is 0 Å². The molecule has 0 aromatic heterocycles. The molecule has 1 fully saturated rings. The lowest BCUT2D eigenvalue weighted by molar-refractivity contribution is 0.0683.